The lowest BCUT2D eigenvalue weighted by atomic mass is 10.1. The number of morpholine rings is 1. The predicted molar refractivity (Wildman–Crippen MR) is 97.1 cm³/mol. The number of ether oxygens (including phenoxy) is 2. The smallest absolute Gasteiger partial charge is 0.427 e. The average molecular weight is 341 g/mol. The van der Waals surface area contributed by atoms with E-state index in [0.717, 1.165) is 44.7 Å². The van der Waals surface area contributed by atoms with Gasteiger partial charge in [-0.15, -0.1) is 0 Å². The topological polar surface area (TPSA) is 63.2 Å². The Morgan fingerprint density at radius 1 is 1.24 bits per heavy atom. The minimum absolute atomic E-state index is 0.567. The summed E-state index contributed by atoms with van der Waals surface area (Å²) in [6.45, 7) is 3.19. The molecule has 1 heterocycles. The highest BCUT2D eigenvalue weighted by Gasteiger charge is 2.25. The number of methoxy groups -OCH3 is 1. The lowest BCUT2D eigenvalue weighted by Gasteiger charge is -2.31. The van der Waals surface area contributed by atoms with Gasteiger partial charge in [-0.2, -0.15) is 5.10 Å². The van der Waals surface area contributed by atoms with Gasteiger partial charge in [0.15, 0.2) is 0 Å². The third-order valence-corrected chi connectivity index (χ3v) is 4.30. The van der Waals surface area contributed by atoms with Crippen molar-refractivity contribution in [3.8, 4) is 0 Å². The molecule has 0 radical (unpaired) electrons. The summed E-state index contributed by atoms with van der Waals surface area (Å²) >= 11 is 0. The standard InChI is InChI=1S/C19H23N3O3/c1-24-19(23)21-20-14-17-8-7-16(13-15-5-3-2-4-6-15)18(17)22-9-11-25-12-10-22/h2-6,13-14H,7-12H2,1H3,(H,21,23)/b16-13-,20-14+. The molecule has 3 rings (SSSR count). The van der Waals surface area contributed by atoms with Crippen LogP contribution >= 0.6 is 0 Å². The Morgan fingerprint density at radius 3 is 2.72 bits per heavy atom. The molecule has 0 atom stereocenters. The van der Waals surface area contributed by atoms with Crippen LogP contribution in [-0.2, 0) is 9.47 Å². The average Bonchev–Trinajstić information content (AvgIpc) is 3.05. The monoisotopic (exact) mass is 341 g/mol. The minimum atomic E-state index is -0.567. The molecule has 1 aliphatic carbocycles. The molecule has 2 aliphatic rings. The number of carbonyl (C=O) groups is 1. The number of hydrazone groups is 1. The van der Waals surface area contributed by atoms with Crippen LogP contribution in [0.5, 0.6) is 0 Å². The minimum Gasteiger partial charge on any atom is -0.452 e. The zero-order valence-corrected chi connectivity index (χ0v) is 14.4. The molecule has 132 valence electrons. The van der Waals surface area contributed by atoms with Crippen LogP contribution in [0.2, 0.25) is 0 Å². The van der Waals surface area contributed by atoms with E-state index in [1.165, 1.54) is 23.9 Å². The molecule has 0 spiro atoms. The SMILES string of the molecule is COC(=O)N/N=C/C1=C(N2CCOCC2)C(=C\c2ccccc2)/CC1. The fraction of sp³-hybridized carbons (Fsp3) is 0.368. The number of benzene rings is 1. The first kappa shape index (κ1) is 17.2. The van der Waals surface area contributed by atoms with Gasteiger partial charge in [0.25, 0.3) is 0 Å². The summed E-state index contributed by atoms with van der Waals surface area (Å²) in [5.74, 6) is 0. The van der Waals surface area contributed by atoms with Crippen molar-refractivity contribution in [2.75, 3.05) is 33.4 Å². The van der Waals surface area contributed by atoms with E-state index in [-0.39, 0.29) is 0 Å². The molecule has 1 aliphatic heterocycles. The molecule has 1 amide bonds. The highest BCUT2D eigenvalue weighted by Crippen LogP contribution is 2.34. The molecule has 0 bridgehead atoms. The number of nitrogens with one attached hydrogen (secondary N) is 1. The maximum absolute atomic E-state index is 11.2. The summed E-state index contributed by atoms with van der Waals surface area (Å²) in [7, 11) is 1.32. The third kappa shape index (κ3) is 4.48. The zero-order chi connectivity index (χ0) is 17.5. The molecule has 1 aromatic rings. The van der Waals surface area contributed by atoms with Crippen LogP contribution in [0.1, 0.15) is 18.4 Å². The van der Waals surface area contributed by atoms with Crippen LogP contribution in [0.3, 0.4) is 0 Å². The highest BCUT2D eigenvalue weighted by atomic mass is 16.5. The summed E-state index contributed by atoms with van der Waals surface area (Å²) in [6.07, 6.45) is 5.26. The van der Waals surface area contributed by atoms with Crippen molar-refractivity contribution in [1.82, 2.24) is 10.3 Å². The van der Waals surface area contributed by atoms with Gasteiger partial charge >= 0.3 is 6.09 Å². The molecule has 1 fully saturated rings. The van der Waals surface area contributed by atoms with Gasteiger partial charge in [0.1, 0.15) is 0 Å². The molecule has 1 N–H and O–H groups in total. The van der Waals surface area contributed by atoms with Crippen molar-refractivity contribution in [3.05, 3.63) is 52.7 Å². The van der Waals surface area contributed by atoms with E-state index in [1.54, 1.807) is 6.21 Å². The van der Waals surface area contributed by atoms with E-state index >= 15 is 0 Å². The van der Waals surface area contributed by atoms with Crippen LogP contribution in [-0.4, -0.2) is 50.6 Å². The number of allylic oxidation sites excluding steroid dienone is 2. The number of hydrogen-bond donors (Lipinski definition) is 1. The second kappa shape index (κ2) is 8.48. The second-order valence-corrected chi connectivity index (χ2v) is 5.92. The molecule has 1 saturated heterocycles. The van der Waals surface area contributed by atoms with Crippen LogP contribution in [0, 0.1) is 0 Å². The predicted octanol–water partition coefficient (Wildman–Crippen LogP) is 2.79. The van der Waals surface area contributed by atoms with E-state index in [2.05, 4.69) is 38.4 Å². The summed E-state index contributed by atoms with van der Waals surface area (Å²) in [5.41, 5.74) is 7.18. The van der Waals surface area contributed by atoms with E-state index in [4.69, 9.17) is 4.74 Å². The number of hydrogen-bond acceptors (Lipinski definition) is 5. The number of amides is 1. The maximum atomic E-state index is 11.2. The van der Waals surface area contributed by atoms with Crippen molar-refractivity contribution in [3.63, 3.8) is 0 Å². The van der Waals surface area contributed by atoms with Crippen molar-refractivity contribution in [1.29, 1.82) is 0 Å². The van der Waals surface area contributed by atoms with Gasteiger partial charge in [-0.1, -0.05) is 30.3 Å². The molecule has 1 aromatic carbocycles. The largest absolute Gasteiger partial charge is 0.452 e. The molecule has 6 heteroatoms. The number of nitrogens with zero attached hydrogens (tertiary/aromatic N) is 2. The zero-order valence-electron chi connectivity index (χ0n) is 14.4. The quantitative estimate of drug-likeness (QED) is 0.676. The first-order valence-electron chi connectivity index (χ1n) is 8.47. The van der Waals surface area contributed by atoms with Gasteiger partial charge in [-0.3, -0.25) is 0 Å². The van der Waals surface area contributed by atoms with Crippen LogP contribution in [0.15, 0.2) is 52.3 Å². The fourth-order valence-electron chi connectivity index (χ4n) is 3.13. The molecular weight excluding hydrogens is 318 g/mol. The Bertz CT molecular complexity index is 689. The number of rotatable bonds is 4. The lowest BCUT2D eigenvalue weighted by molar-refractivity contribution is 0.0548. The van der Waals surface area contributed by atoms with Gasteiger partial charge in [0.2, 0.25) is 0 Å². The lowest BCUT2D eigenvalue weighted by Crippen LogP contribution is -2.36. The van der Waals surface area contributed by atoms with Crippen LogP contribution < -0.4 is 5.43 Å². The van der Waals surface area contributed by atoms with E-state index < -0.39 is 6.09 Å². The summed E-state index contributed by atoms with van der Waals surface area (Å²) in [4.78, 5) is 13.5. The summed E-state index contributed by atoms with van der Waals surface area (Å²) < 4.78 is 10.0. The van der Waals surface area contributed by atoms with Crippen molar-refractivity contribution >= 4 is 18.4 Å². The van der Waals surface area contributed by atoms with E-state index in [9.17, 15) is 4.79 Å². The van der Waals surface area contributed by atoms with Gasteiger partial charge in [-0.25, -0.2) is 10.2 Å². The first-order valence-corrected chi connectivity index (χ1v) is 8.47. The van der Waals surface area contributed by atoms with Gasteiger partial charge in [-0.05, 0) is 35.6 Å². The Hall–Kier alpha value is -2.60. The highest BCUT2D eigenvalue weighted by molar-refractivity contribution is 5.84. The Kier molecular flexibility index (Phi) is 5.85. The second-order valence-electron chi connectivity index (χ2n) is 5.92. The molecule has 0 aromatic heterocycles. The van der Waals surface area contributed by atoms with Crippen molar-refractivity contribution in [2.45, 2.75) is 12.8 Å². The maximum Gasteiger partial charge on any atom is 0.427 e. The normalized spacial score (nSPS) is 19.7. The molecule has 6 nitrogen and oxygen atoms in total. The van der Waals surface area contributed by atoms with Crippen molar-refractivity contribution < 1.29 is 14.3 Å². The van der Waals surface area contributed by atoms with Crippen LogP contribution in [0.25, 0.3) is 6.08 Å². The Labute approximate surface area is 147 Å². The number of carbonyl (C=O) groups excluding carboxylic acids is 1. The summed E-state index contributed by atoms with van der Waals surface area (Å²) in [5, 5.41) is 4.02. The summed E-state index contributed by atoms with van der Waals surface area (Å²) in [6, 6.07) is 10.3. The Balaban J connectivity index is 1.87. The van der Waals surface area contributed by atoms with Gasteiger partial charge in [0, 0.05) is 18.8 Å². The molecule has 25 heavy (non-hydrogen) atoms. The third-order valence-electron chi connectivity index (χ3n) is 4.30. The fourth-order valence-corrected chi connectivity index (χ4v) is 3.13. The van der Waals surface area contributed by atoms with Gasteiger partial charge < -0.3 is 14.4 Å². The molecule has 0 saturated carbocycles. The van der Waals surface area contributed by atoms with E-state index in [1.807, 2.05) is 18.2 Å². The molecular formula is C19H23N3O3. The first-order chi connectivity index (χ1) is 12.3. The Morgan fingerprint density at radius 2 is 2.00 bits per heavy atom. The van der Waals surface area contributed by atoms with Crippen molar-refractivity contribution in [2.24, 2.45) is 5.10 Å². The van der Waals surface area contributed by atoms with Gasteiger partial charge in [0.05, 0.1) is 26.5 Å². The molecule has 0 unspecified atom stereocenters. The van der Waals surface area contributed by atoms with E-state index in [0.29, 0.717) is 0 Å². The van der Waals surface area contributed by atoms with Crippen LogP contribution in [0.4, 0.5) is 4.79 Å².